The number of hydrogen-bond acceptors (Lipinski definition) is 5. The second-order valence-electron chi connectivity index (χ2n) is 7.85. The van der Waals surface area contributed by atoms with Gasteiger partial charge in [-0.1, -0.05) is 18.2 Å². The number of ether oxygens (including phenoxy) is 2. The topological polar surface area (TPSA) is 47.5 Å². The van der Waals surface area contributed by atoms with Gasteiger partial charge in [0.15, 0.2) is 17.3 Å². The lowest BCUT2D eigenvalue weighted by Crippen LogP contribution is -2.31. The van der Waals surface area contributed by atoms with Crippen LogP contribution in [-0.2, 0) is 25.7 Å². The van der Waals surface area contributed by atoms with Crippen molar-refractivity contribution in [2.24, 2.45) is 0 Å². The maximum Gasteiger partial charge on any atom is 0.416 e. The predicted octanol–water partition coefficient (Wildman–Crippen LogP) is 5.52. The molecule has 2 aromatic carbocycles. The zero-order valence-electron chi connectivity index (χ0n) is 18.7. The summed E-state index contributed by atoms with van der Waals surface area (Å²) in [6.07, 6.45) is -1.82. The number of rotatable bonds is 7. The molecule has 0 saturated carbocycles. The number of benzene rings is 2. The third kappa shape index (κ3) is 5.45. The van der Waals surface area contributed by atoms with Gasteiger partial charge in [-0.25, -0.2) is 9.97 Å². The molecule has 8 heteroatoms. The highest BCUT2D eigenvalue weighted by atomic mass is 19.4. The van der Waals surface area contributed by atoms with Gasteiger partial charge in [0.2, 0.25) is 0 Å². The Morgan fingerprint density at radius 1 is 0.970 bits per heavy atom. The molecule has 0 spiro atoms. The summed E-state index contributed by atoms with van der Waals surface area (Å²) in [5.74, 6) is 1.94. The quantitative estimate of drug-likeness (QED) is 0.468. The molecule has 4 rings (SSSR count). The molecule has 0 amide bonds. The second-order valence-corrected chi connectivity index (χ2v) is 7.85. The van der Waals surface area contributed by atoms with E-state index in [1.165, 1.54) is 12.1 Å². The lowest BCUT2D eigenvalue weighted by Gasteiger charge is -2.28. The van der Waals surface area contributed by atoms with Crippen LogP contribution in [0.25, 0.3) is 11.4 Å². The summed E-state index contributed by atoms with van der Waals surface area (Å²) in [6, 6.07) is 11.0. The van der Waals surface area contributed by atoms with Crippen LogP contribution in [0.2, 0.25) is 0 Å². The van der Waals surface area contributed by atoms with Gasteiger partial charge < -0.3 is 9.47 Å². The Balaban J connectivity index is 1.46. The monoisotopic (exact) mass is 457 g/mol. The summed E-state index contributed by atoms with van der Waals surface area (Å²) in [6.45, 7) is 7.33. The summed E-state index contributed by atoms with van der Waals surface area (Å²) in [4.78, 5) is 11.4. The molecule has 33 heavy (non-hydrogen) atoms. The van der Waals surface area contributed by atoms with Crippen molar-refractivity contribution < 1.29 is 22.6 Å². The van der Waals surface area contributed by atoms with Crippen molar-refractivity contribution in [2.45, 2.75) is 39.5 Å². The Labute approximate surface area is 191 Å². The summed E-state index contributed by atoms with van der Waals surface area (Å²) < 4.78 is 49.8. The Hall–Kier alpha value is -3.13. The van der Waals surface area contributed by atoms with Gasteiger partial charge in [-0.2, -0.15) is 13.2 Å². The second kappa shape index (κ2) is 9.79. The molecule has 1 aliphatic rings. The molecule has 5 nitrogen and oxygen atoms in total. The largest absolute Gasteiger partial charge is 0.490 e. The number of hydrogen-bond donors (Lipinski definition) is 0. The number of aromatic nitrogens is 2. The van der Waals surface area contributed by atoms with Crippen molar-refractivity contribution in [1.82, 2.24) is 14.9 Å². The molecular formula is C25H26F3N3O2. The van der Waals surface area contributed by atoms with Gasteiger partial charge in [0.1, 0.15) is 0 Å². The third-order valence-corrected chi connectivity index (χ3v) is 5.50. The smallest absolute Gasteiger partial charge is 0.416 e. The van der Waals surface area contributed by atoms with Crippen LogP contribution in [-0.4, -0.2) is 34.6 Å². The summed E-state index contributed by atoms with van der Waals surface area (Å²) in [7, 11) is 0. The number of alkyl halides is 3. The van der Waals surface area contributed by atoms with Crippen LogP contribution in [0.3, 0.4) is 0 Å². The van der Waals surface area contributed by atoms with E-state index in [9.17, 15) is 13.2 Å². The Morgan fingerprint density at radius 3 is 2.39 bits per heavy atom. The lowest BCUT2D eigenvalue weighted by atomic mass is 10.1. The predicted molar refractivity (Wildman–Crippen MR) is 119 cm³/mol. The molecule has 0 aliphatic carbocycles. The molecule has 0 bridgehead atoms. The minimum Gasteiger partial charge on any atom is -0.490 e. The zero-order valence-corrected chi connectivity index (χ0v) is 18.7. The number of halogens is 3. The van der Waals surface area contributed by atoms with Crippen LogP contribution in [0, 0.1) is 0 Å². The minimum absolute atomic E-state index is 0.448. The third-order valence-electron chi connectivity index (χ3n) is 5.50. The molecular weight excluding hydrogens is 431 g/mol. The van der Waals surface area contributed by atoms with Crippen molar-refractivity contribution in [3.8, 4) is 22.9 Å². The van der Waals surface area contributed by atoms with Gasteiger partial charge >= 0.3 is 6.18 Å². The average molecular weight is 457 g/mol. The first-order valence-electron chi connectivity index (χ1n) is 11.0. The van der Waals surface area contributed by atoms with Crippen LogP contribution in [0.15, 0.2) is 48.7 Å². The van der Waals surface area contributed by atoms with E-state index >= 15 is 0 Å². The fraction of sp³-hybridized carbons (Fsp3) is 0.360. The van der Waals surface area contributed by atoms with Crippen LogP contribution in [0.5, 0.6) is 11.5 Å². The highest BCUT2D eigenvalue weighted by Gasteiger charge is 2.30. The molecule has 3 aromatic rings. The highest BCUT2D eigenvalue weighted by Crippen LogP contribution is 2.32. The fourth-order valence-electron chi connectivity index (χ4n) is 3.91. The van der Waals surface area contributed by atoms with Gasteiger partial charge in [0, 0.05) is 43.4 Å². The van der Waals surface area contributed by atoms with Crippen molar-refractivity contribution in [1.29, 1.82) is 0 Å². The first-order chi connectivity index (χ1) is 15.9. The fourth-order valence-corrected chi connectivity index (χ4v) is 3.91. The summed E-state index contributed by atoms with van der Waals surface area (Å²) >= 11 is 0. The molecule has 174 valence electrons. The Morgan fingerprint density at radius 2 is 1.70 bits per heavy atom. The SMILES string of the molecule is CCOc1ccc(CN2CCc3nc(-c4ccc(C(F)(F)F)cc4)ncc3C2)cc1OCC. The van der Waals surface area contributed by atoms with E-state index in [-0.39, 0.29) is 0 Å². The van der Waals surface area contributed by atoms with Gasteiger partial charge in [0.05, 0.1) is 24.5 Å². The Kier molecular flexibility index (Phi) is 6.83. The number of nitrogens with zero attached hydrogens (tertiary/aromatic N) is 3. The summed E-state index contributed by atoms with van der Waals surface area (Å²) in [5.41, 5.74) is 3.01. The zero-order chi connectivity index (χ0) is 23.4. The average Bonchev–Trinajstić information content (AvgIpc) is 2.80. The van der Waals surface area contributed by atoms with Gasteiger partial charge in [0.25, 0.3) is 0 Å². The van der Waals surface area contributed by atoms with Crippen molar-refractivity contribution >= 4 is 0 Å². The molecule has 0 unspecified atom stereocenters. The molecule has 0 radical (unpaired) electrons. The van der Waals surface area contributed by atoms with E-state index in [2.05, 4.69) is 14.9 Å². The van der Waals surface area contributed by atoms with Gasteiger partial charge in [-0.15, -0.1) is 0 Å². The summed E-state index contributed by atoms with van der Waals surface area (Å²) in [5, 5.41) is 0. The van der Waals surface area contributed by atoms with Crippen molar-refractivity contribution in [3.05, 3.63) is 71.0 Å². The van der Waals surface area contributed by atoms with Crippen LogP contribution < -0.4 is 9.47 Å². The van der Waals surface area contributed by atoms with Crippen LogP contribution in [0.4, 0.5) is 13.2 Å². The molecule has 0 N–H and O–H groups in total. The van der Waals surface area contributed by atoms with Crippen molar-refractivity contribution in [2.75, 3.05) is 19.8 Å². The van der Waals surface area contributed by atoms with E-state index in [4.69, 9.17) is 9.47 Å². The molecule has 0 saturated heterocycles. The minimum atomic E-state index is -4.36. The Bertz CT molecular complexity index is 1100. The molecule has 0 fully saturated rings. The normalized spacial score (nSPS) is 14.1. The van der Waals surface area contributed by atoms with E-state index in [0.29, 0.717) is 31.1 Å². The van der Waals surface area contributed by atoms with Gasteiger partial charge in [-0.3, -0.25) is 4.90 Å². The maximum atomic E-state index is 12.8. The molecule has 2 heterocycles. The maximum absolute atomic E-state index is 12.8. The van der Waals surface area contributed by atoms with Crippen LogP contribution in [0.1, 0.15) is 36.2 Å². The van der Waals surface area contributed by atoms with Gasteiger partial charge in [-0.05, 0) is 43.7 Å². The van der Waals surface area contributed by atoms with E-state index in [1.54, 1.807) is 6.20 Å². The standard InChI is InChI=1S/C25H26F3N3O2/c1-3-32-22-10-5-17(13-23(22)33-4-2)15-31-12-11-21-19(16-31)14-29-24(30-21)18-6-8-20(9-7-18)25(26,27)28/h5-10,13-14H,3-4,11-12,15-16H2,1-2H3. The molecule has 1 aliphatic heterocycles. The lowest BCUT2D eigenvalue weighted by molar-refractivity contribution is -0.137. The molecule has 0 atom stereocenters. The van der Waals surface area contributed by atoms with E-state index in [0.717, 1.165) is 60.0 Å². The number of fused-ring (bicyclic) bond motifs is 1. The van der Waals surface area contributed by atoms with E-state index < -0.39 is 11.7 Å². The molecule has 1 aromatic heterocycles. The first kappa shape index (κ1) is 23.0. The van der Waals surface area contributed by atoms with Crippen LogP contribution >= 0.6 is 0 Å². The van der Waals surface area contributed by atoms with Crippen molar-refractivity contribution in [3.63, 3.8) is 0 Å². The first-order valence-corrected chi connectivity index (χ1v) is 11.0. The highest BCUT2D eigenvalue weighted by molar-refractivity contribution is 5.56. The van der Waals surface area contributed by atoms with E-state index in [1.807, 2.05) is 32.0 Å².